The molecule has 1 saturated heterocycles. The number of aromatic nitrogens is 1. The summed E-state index contributed by atoms with van der Waals surface area (Å²) in [6.07, 6.45) is 11.5. The molecule has 3 nitrogen and oxygen atoms in total. The molecule has 0 spiro atoms. The number of quaternary nitrogens is 2. The van der Waals surface area contributed by atoms with Gasteiger partial charge in [-0.1, -0.05) is 6.42 Å². The van der Waals surface area contributed by atoms with E-state index in [1.165, 1.54) is 70.4 Å². The Morgan fingerprint density at radius 2 is 1.84 bits per heavy atom. The second kappa shape index (κ2) is 6.49. The SMILES string of the molecule is c1c[nH+]cc(C[NH+]2CC[NH+](C3CCCCC3)CC2)c1. The van der Waals surface area contributed by atoms with E-state index in [4.69, 9.17) is 0 Å². The standard InChI is InChI=1S/C16H25N3/c1-2-6-16(7-3-1)19-11-9-18(10-12-19)14-15-5-4-8-17-13-15/h4-5,8,13,16H,1-3,6-7,9-12,14H2/p+3. The fourth-order valence-corrected chi connectivity index (χ4v) is 3.85. The predicted molar refractivity (Wildman–Crippen MR) is 75.0 cm³/mol. The zero-order valence-corrected chi connectivity index (χ0v) is 12.0. The van der Waals surface area contributed by atoms with Crippen molar-refractivity contribution < 1.29 is 14.8 Å². The Kier molecular flexibility index (Phi) is 4.46. The van der Waals surface area contributed by atoms with Crippen LogP contribution < -0.4 is 14.8 Å². The molecular weight excluding hydrogens is 234 g/mol. The van der Waals surface area contributed by atoms with E-state index in [2.05, 4.69) is 23.3 Å². The Morgan fingerprint density at radius 1 is 1.05 bits per heavy atom. The first kappa shape index (κ1) is 13.1. The molecule has 3 heteroatoms. The van der Waals surface area contributed by atoms with E-state index in [1.807, 2.05) is 11.1 Å². The number of nitrogens with one attached hydrogen (secondary N) is 3. The molecule has 0 aromatic carbocycles. The molecule has 3 rings (SSSR count). The van der Waals surface area contributed by atoms with Gasteiger partial charge in [0.15, 0.2) is 12.4 Å². The second-order valence-corrected chi connectivity index (χ2v) is 6.33. The molecule has 0 radical (unpaired) electrons. The fraction of sp³-hybridized carbons (Fsp3) is 0.688. The summed E-state index contributed by atoms with van der Waals surface area (Å²) in [7, 11) is 0. The van der Waals surface area contributed by atoms with Crippen molar-refractivity contribution in [1.82, 2.24) is 0 Å². The van der Waals surface area contributed by atoms with Crippen LogP contribution in [0.5, 0.6) is 0 Å². The molecule has 1 aliphatic heterocycles. The largest absolute Gasteiger partial charge is 0.323 e. The molecule has 2 aliphatic rings. The van der Waals surface area contributed by atoms with Gasteiger partial charge in [-0.05, 0) is 31.7 Å². The van der Waals surface area contributed by atoms with Crippen LogP contribution >= 0.6 is 0 Å². The van der Waals surface area contributed by atoms with E-state index in [-0.39, 0.29) is 0 Å². The smallest absolute Gasteiger partial charge is 0.175 e. The Morgan fingerprint density at radius 3 is 2.53 bits per heavy atom. The lowest BCUT2D eigenvalue weighted by Gasteiger charge is -2.36. The monoisotopic (exact) mass is 262 g/mol. The molecule has 2 heterocycles. The normalized spacial score (nSPS) is 29.3. The summed E-state index contributed by atoms with van der Waals surface area (Å²) in [6.45, 7) is 6.66. The van der Waals surface area contributed by atoms with Gasteiger partial charge in [0.2, 0.25) is 0 Å². The topological polar surface area (TPSA) is 23.0 Å². The number of rotatable bonds is 3. The number of piperazine rings is 1. The van der Waals surface area contributed by atoms with Gasteiger partial charge in [-0.25, -0.2) is 4.98 Å². The number of hydrogen-bond donors (Lipinski definition) is 2. The minimum Gasteiger partial charge on any atom is -0.323 e. The van der Waals surface area contributed by atoms with Crippen molar-refractivity contribution >= 4 is 0 Å². The highest BCUT2D eigenvalue weighted by atomic mass is 15.3. The highest BCUT2D eigenvalue weighted by Gasteiger charge is 2.30. The number of hydrogen-bond acceptors (Lipinski definition) is 0. The van der Waals surface area contributed by atoms with E-state index in [1.54, 1.807) is 4.90 Å². The molecule has 0 amide bonds. The first-order chi connectivity index (χ1) is 9.42. The summed E-state index contributed by atoms with van der Waals surface area (Å²) in [4.78, 5) is 6.86. The van der Waals surface area contributed by atoms with Gasteiger partial charge in [-0.2, -0.15) is 0 Å². The number of H-pyrrole nitrogens is 1. The Bertz CT molecular complexity index is 365. The maximum atomic E-state index is 3.19. The predicted octanol–water partition coefficient (Wildman–Crippen LogP) is -0.883. The van der Waals surface area contributed by atoms with Gasteiger partial charge in [0.1, 0.15) is 32.7 Å². The highest BCUT2D eigenvalue weighted by Crippen LogP contribution is 2.15. The summed E-state index contributed by atoms with van der Waals surface area (Å²) in [5.74, 6) is 0. The summed E-state index contributed by atoms with van der Waals surface area (Å²) in [6, 6.07) is 5.34. The molecule has 1 aliphatic carbocycles. The molecule has 1 aromatic heterocycles. The molecule has 19 heavy (non-hydrogen) atoms. The summed E-state index contributed by atoms with van der Waals surface area (Å²) in [5, 5.41) is 0. The quantitative estimate of drug-likeness (QED) is 0.706. The summed E-state index contributed by atoms with van der Waals surface area (Å²) in [5.41, 5.74) is 1.44. The number of pyridine rings is 1. The van der Waals surface area contributed by atoms with Crippen molar-refractivity contribution in [2.24, 2.45) is 0 Å². The molecule has 0 atom stereocenters. The van der Waals surface area contributed by atoms with E-state index in [0.29, 0.717) is 0 Å². The van der Waals surface area contributed by atoms with Gasteiger partial charge < -0.3 is 9.80 Å². The van der Waals surface area contributed by atoms with Crippen molar-refractivity contribution in [3.63, 3.8) is 0 Å². The lowest BCUT2D eigenvalue weighted by molar-refractivity contribution is -1.03. The summed E-state index contributed by atoms with van der Waals surface area (Å²) < 4.78 is 0. The molecular formula is C16H28N3+3. The number of aromatic amines is 1. The van der Waals surface area contributed by atoms with E-state index >= 15 is 0 Å². The Labute approximate surface area is 116 Å². The minimum absolute atomic E-state index is 0.986. The molecule has 2 fully saturated rings. The van der Waals surface area contributed by atoms with Crippen molar-refractivity contribution in [3.05, 3.63) is 30.1 Å². The van der Waals surface area contributed by atoms with Crippen LogP contribution in [0, 0.1) is 0 Å². The lowest BCUT2D eigenvalue weighted by Crippen LogP contribution is -3.29. The van der Waals surface area contributed by atoms with Crippen LogP contribution in [0.1, 0.15) is 37.7 Å². The molecule has 0 unspecified atom stereocenters. The van der Waals surface area contributed by atoms with Gasteiger partial charge in [0.25, 0.3) is 0 Å². The van der Waals surface area contributed by atoms with Crippen LogP contribution in [0.2, 0.25) is 0 Å². The van der Waals surface area contributed by atoms with Crippen molar-refractivity contribution in [2.75, 3.05) is 26.2 Å². The third kappa shape index (κ3) is 3.54. The summed E-state index contributed by atoms with van der Waals surface area (Å²) >= 11 is 0. The fourth-order valence-electron chi connectivity index (χ4n) is 3.85. The maximum Gasteiger partial charge on any atom is 0.175 e. The molecule has 1 saturated carbocycles. The molecule has 1 aromatic rings. The van der Waals surface area contributed by atoms with Crippen LogP contribution in [0.25, 0.3) is 0 Å². The Hall–Kier alpha value is -0.930. The van der Waals surface area contributed by atoms with Crippen LogP contribution in [-0.4, -0.2) is 32.2 Å². The van der Waals surface area contributed by atoms with E-state index < -0.39 is 0 Å². The van der Waals surface area contributed by atoms with Crippen molar-refractivity contribution in [3.8, 4) is 0 Å². The molecule has 104 valence electrons. The second-order valence-electron chi connectivity index (χ2n) is 6.33. The van der Waals surface area contributed by atoms with E-state index in [0.717, 1.165) is 6.04 Å². The zero-order chi connectivity index (χ0) is 12.9. The first-order valence-electron chi connectivity index (χ1n) is 8.05. The highest BCUT2D eigenvalue weighted by molar-refractivity contribution is 5.02. The Balaban J connectivity index is 1.46. The molecule has 3 N–H and O–H groups in total. The van der Waals surface area contributed by atoms with E-state index in [9.17, 15) is 0 Å². The van der Waals surface area contributed by atoms with Gasteiger partial charge in [0.05, 0.1) is 11.6 Å². The van der Waals surface area contributed by atoms with Crippen LogP contribution in [-0.2, 0) is 6.54 Å². The average molecular weight is 262 g/mol. The van der Waals surface area contributed by atoms with Gasteiger partial charge >= 0.3 is 0 Å². The van der Waals surface area contributed by atoms with Crippen LogP contribution in [0.3, 0.4) is 0 Å². The third-order valence-electron chi connectivity index (χ3n) is 5.01. The third-order valence-corrected chi connectivity index (χ3v) is 5.01. The van der Waals surface area contributed by atoms with Crippen LogP contribution in [0.15, 0.2) is 24.5 Å². The van der Waals surface area contributed by atoms with Crippen molar-refractivity contribution in [2.45, 2.75) is 44.7 Å². The van der Waals surface area contributed by atoms with Crippen molar-refractivity contribution in [1.29, 1.82) is 0 Å². The van der Waals surface area contributed by atoms with Gasteiger partial charge in [0, 0.05) is 6.07 Å². The lowest BCUT2D eigenvalue weighted by atomic mass is 9.94. The first-order valence-corrected chi connectivity index (χ1v) is 8.05. The van der Waals surface area contributed by atoms with Gasteiger partial charge in [-0.15, -0.1) is 0 Å². The molecule has 0 bridgehead atoms. The minimum atomic E-state index is 0.986. The average Bonchev–Trinajstić information content (AvgIpc) is 2.50. The van der Waals surface area contributed by atoms with Crippen LogP contribution in [0.4, 0.5) is 0 Å². The maximum absolute atomic E-state index is 3.19. The zero-order valence-electron chi connectivity index (χ0n) is 12.0. The van der Waals surface area contributed by atoms with Gasteiger partial charge in [-0.3, -0.25) is 0 Å².